The zero-order chi connectivity index (χ0) is 23.9. The molecule has 0 unspecified atom stereocenters. The number of carbonyl (C=O) groups is 1. The van der Waals surface area contributed by atoms with Crippen molar-refractivity contribution >= 4 is 38.4 Å². The van der Waals surface area contributed by atoms with Gasteiger partial charge < -0.3 is 4.74 Å². The van der Waals surface area contributed by atoms with E-state index >= 15 is 0 Å². The van der Waals surface area contributed by atoms with E-state index in [9.17, 15) is 18.8 Å². The van der Waals surface area contributed by atoms with Crippen LogP contribution in [0.25, 0.3) is 21.1 Å². The third-order valence-corrected chi connectivity index (χ3v) is 6.63. The van der Waals surface area contributed by atoms with Gasteiger partial charge in [-0.05, 0) is 42.7 Å². The lowest BCUT2D eigenvalue weighted by atomic mass is 10.0. The first-order valence-corrected chi connectivity index (χ1v) is 11.5. The van der Waals surface area contributed by atoms with Crippen LogP contribution >= 0.6 is 11.3 Å². The van der Waals surface area contributed by atoms with Crippen LogP contribution in [0.4, 0.5) is 4.39 Å². The van der Waals surface area contributed by atoms with E-state index < -0.39 is 23.0 Å². The molecule has 0 N–H and O–H groups in total. The average Bonchev–Trinajstić information content (AvgIpc) is 3.15. The summed E-state index contributed by atoms with van der Waals surface area (Å²) >= 11 is 1.23. The Hall–Kier alpha value is -3.33. The van der Waals surface area contributed by atoms with Crippen molar-refractivity contribution < 1.29 is 13.9 Å². The summed E-state index contributed by atoms with van der Waals surface area (Å²) in [6, 6.07) is 6.11. The Balaban J connectivity index is 2.03. The van der Waals surface area contributed by atoms with Gasteiger partial charge in [-0.25, -0.2) is 14.0 Å². The number of aromatic nitrogens is 3. The van der Waals surface area contributed by atoms with Crippen molar-refractivity contribution in [2.24, 2.45) is 13.0 Å². The van der Waals surface area contributed by atoms with Crippen molar-refractivity contribution in [3.8, 4) is 0 Å². The minimum atomic E-state index is -0.616. The van der Waals surface area contributed by atoms with Crippen LogP contribution in [0.3, 0.4) is 0 Å². The molecule has 172 valence electrons. The molecule has 0 amide bonds. The highest BCUT2D eigenvalue weighted by Crippen LogP contribution is 2.33. The second kappa shape index (κ2) is 8.90. The fourth-order valence-corrected chi connectivity index (χ4v) is 5.25. The second-order valence-electron chi connectivity index (χ2n) is 8.26. The number of thiophene rings is 1. The van der Waals surface area contributed by atoms with Crippen molar-refractivity contribution in [3.63, 3.8) is 0 Å². The Morgan fingerprint density at radius 3 is 2.70 bits per heavy atom. The molecular formula is C24H24FN3O4S. The van der Waals surface area contributed by atoms with Crippen molar-refractivity contribution in [2.45, 2.75) is 33.7 Å². The summed E-state index contributed by atoms with van der Waals surface area (Å²) in [4.78, 5) is 44.3. The molecule has 0 bridgehead atoms. The van der Waals surface area contributed by atoms with Crippen LogP contribution in [0.2, 0.25) is 0 Å². The summed E-state index contributed by atoms with van der Waals surface area (Å²) < 4.78 is 21.8. The lowest BCUT2D eigenvalue weighted by Crippen LogP contribution is -2.38. The minimum absolute atomic E-state index is 0.144. The number of pyridine rings is 1. The summed E-state index contributed by atoms with van der Waals surface area (Å²) in [7, 11) is 1.41. The molecule has 4 aromatic rings. The van der Waals surface area contributed by atoms with Gasteiger partial charge in [0.25, 0.3) is 5.56 Å². The predicted octanol–water partition coefficient (Wildman–Crippen LogP) is 3.87. The van der Waals surface area contributed by atoms with Gasteiger partial charge in [0, 0.05) is 36.5 Å². The lowest BCUT2D eigenvalue weighted by Gasteiger charge is -2.11. The average molecular weight is 470 g/mol. The molecule has 0 saturated heterocycles. The van der Waals surface area contributed by atoms with Gasteiger partial charge in [0.1, 0.15) is 10.6 Å². The molecule has 4 rings (SSSR count). The van der Waals surface area contributed by atoms with Crippen LogP contribution in [0.5, 0.6) is 0 Å². The number of esters is 1. The summed E-state index contributed by atoms with van der Waals surface area (Å²) in [5.74, 6) is -0.861. The van der Waals surface area contributed by atoms with Crippen molar-refractivity contribution in [1.29, 1.82) is 0 Å². The van der Waals surface area contributed by atoms with Gasteiger partial charge in [0.15, 0.2) is 0 Å². The van der Waals surface area contributed by atoms with Gasteiger partial charge in [0.2, 0.25) is 0 Å². The Morgan fingerprint density at radius 1 is 1.24 bits per heavy atom. The van der Waals surface area contributed by atoms with Crippen LogP contribution in [0, 0.1) is 11.7 Å². The smallest absolute Gasteiger partial charge is 0.340 e. The van der Waals surface area contributed by atoms with Gasteiger partial charge in [-0.1, -0.05) is 13.8 Å². The second-order valence-corrected chi connectivity index (χ2v) is 9.34. The monoisotopic (exact) mass is 469 g/mol. The summed E-state index contributed by atoms with van der Waals surface area (Å²) in [6.45, 7) is 6.18. The number of benzene rings is 1. The molecule has 33 heavy (non-hydrogen) atoms. The molecule has 0 atom stereocenters. The number of halogens is 1. The van der Waals surface area contributed by atoms with E-state index in [0.717, 1.165) is 10.1 Å². The quantitative estimate of drug-likeness (QED) is 0.400. The molecule has 0 aliphatic rings. The highest BCUT2D eigenvalue weighted by molar-refractivity contribution is 7.19. The minimum Gasteiger partial charge on any atom is -0.462 e. The first kappa shape index (κ1) is 22.8. The van der Waals surface area contributed by atoms with Gasteiger partial charge in [-0.3, -0.25) is 18.9 Å². The largest absolute Gasteiger partial charge is 0.462 e. The molecule has 0 spiro atoms. The first-order valence-electron chi connectivity index (χ1n) is 10.7. The number of rotatable bonds is 6. The molecule has 0 aliphatic heterocycles. The van der Waals surface area contributed by atoms with Crippen molar-refractivity contribution in [3.05, 3.63) is 73.1 Å². The first-order chi connectivity index (χ1) is 15.7. The van der Waals surface area contributed by atoms with E-state index in [1.165, 1.54) is 30.5 Å². The lowest BCUT2D eigenvalue weighted by molar-refractivity contribution is 0.0528. The van der Waals surface area contributed by atoms with Gasteiger partial charge >= 0.3 is 11.7 Å². The maximum Gasteiger partial charge on any atom is 0.340 e. The number of hydrogen-bond acceptors (Lipinski definition) is 6. The van der Waals surface area contributed by atoms with E-state index in [2.05, 4.69) is 4.98 Å². The molecule has 3 heterocycles. The Labute approximate surface area is 193 Å². The molecule has 1 aromatic carbocycles. The van der Waals surface area contributed by atoms with Crippen LogP contribution in [-0.2, 0) is 24.8 Å². The van der Waals surface area contributed by atoms with Gasteiger partial charge in [-0.15, -0.1) is 11.3 Å². The molecule has 7 nitrogen and oxygen atoms in total. The number of carbonyl (C=O) groups excluding carboxylic acids is 1. The SMILES string of the molecule is CCOC(=O)c1c(Cc2ccnc3ccc(F)cc23)sc2c1c(=O)n(C)c(=O)n2CC(C)C. The summed E-state index contributed by atoms with van der Waals surface area (Å²) in [5, 5.41) is 0.804. The maximum absolute atomic E-state index is 14.0. The number of ether oxygens (including phenoxy) is 1. The maximum atomic E-state index is 14.0. The highest BCUT2D eigenvalue weighted by Gasteiger charge is 2.27. The van der Waals surface area contributed by atoms with Crippen LogP contribution in [0.15, 0.2) is 40.1 Å². The molecule has 0 radical (unpaired) electrons. The Kier molecular flexibility index (Phi) is 6.16. The molecular weight excluding hydrogens is 445 g/mol. The molecule has 0 fully saturated rings. The van der Waals surface area contributed by atoms with E-state index in [0.29, 0.717) is 27.2 Å². The zero-order valence-electron chi connectivity index (χ0n) is 18.8. The van der Waals surface area contributed by atoms with Gasteiger partial charge in [-0.2, -0.15) is 0 Å². The highest BCUT2D eigenvalue weighted by atomic mass is 32.1. The third-order valence-electron chi connectivity index (χ3n) is 5.42. The number of nitrogens with zero attached hydrogens (tertiary/aromatic N) is 3. The fraction of sp³-hybridized carbons (Fsp3) is 0.333. The fourth-order valence-electron chi connectivity index (χ4n) is 3.95. The van der Waals surface area contributed by atoms with E-state index in [1.54, 1.807) is 29.8 Å². The number of hydrogen-bond donors (Lipinski definition) is 0. The topological polar surface area (TPSA) is 83.2 Å². The van der Waals surface area contributed by atoms with Crippen molar-refractivity contribution in [1.82, 2.24) is 14.1 Å². The van der Waals surface area contributed by atoms with E-state index in [4.69, 9.17) is 4.74 Å². The standard InChI is InChI=1S/C24H24FN3O4S/c1-5-32-23(30)19-18(10-14-8-9-26-17-7-6-15(25)11-16(14)17)33-22-20(19)21(29)27(4)24(31)28(22)12-13(2)3/h6-9,11,13H,5,10,12H2,1-4H3. The summed E-state index contributed by atoms with van der Waals surface area (Å²) in [5.41, 5.74) is 0.579. The number of fused-ring (bicyclic) bond motifs is 2. The molecule has 3 aromatic heterocycles. The van der Waals surface area contributed by atoms with Crippen LogP contribution in [0.1, 0.15) is 41.6 Å². The third kappa shape index (κ3) is 4.08. The van der Waals surface area contributed by atoms with Crippen LogP contribution < -0.4 is 11.2 Å². The molecule has 0 saturated carbocycles. The van der Waals surface area contributed by atoms with E-state index in [-0.39, 0.29) is 29.9 Å². The molecule has 0 aliphatic carbocycles. The summed E-state index contributed by atoms with van der Waals surface area (Å²) in [6.07, 6.45) is 1.88. The van der Waals surface area contributed by atoms with E-state index in [1.807, 2.05) is 13.8 Å². The van der Waals surface area contributed by atoms with Crippen LogP contribution in [-0.4, -0.2) is 26.7 Å². The molecule has 9 heteroatoms. The predicted molar refractivity (Wildman–Crippen MR) is 127 cm³/mol. The Morgan fingerprint density at radius 2 is 2.00 bits per heavy atom. The normalized spacial score (nSPS) is 11.6. The Bertz CT molecular complexity index is 1500. The zero-order valence-corrected chi connectivity index (χ0v) is 19.7. The van der Waals surface area contributed by atoms with Gasteiger partial charge in [0.05, 0.1) is 23.1 Å². The van der Waals surface area contributed by atoms with Crippen molar-refractivity contribution in [2.75, 3.05) is 6.61 Å².